The normalized spacial score (nSPS) is 12.5. The molecule has 0 aromatic heterocycles. The van der Waals surface area contributed by atoms with Crippen molar-refractivity contribution in [3.05, 3.63) is 29.3 Å². The molecule has 0 aliphatic rings. The number of halogens is 2. The van der Waals surface area contributed by atoms with Crippen LogP contribution in [-0.2, 0) is 0 Å². The molecule has 0 heterocycles. The molecule has 0 bridgehead atoms. The highest BCUT2D eigenvalue weighted by atomic mass is 35.5. The predicted octanol–water partition coefficient (Wildman–Crippen LogP) is 4.37. The zero-order valence-corrected chi connectivity index (χ0v) is 10.4. The Balaban J connectivity index is 2.25. The summed E-state index contributed by atoms with van der Waals surface area (Å²) in [5.74, 6) is 2.17. The molecule has 1 aromatic rings. The van der Waals surface area contributed by atoms with Crippen molar-refractivity contribution in [2.75, 3.05) is 12.5 Å². The van der Waals surface area contributed by atoms with Gasteiger partial charge < -0.3 is 4.74 Å². The van der Waals surface area contributed by atoms with Gasteiger partial charge in [0.1, 0.15) is 5.75 Å². The average molecular weight is 247 g/mol. The molecule has 3 heteroatoms. The Morgan fingerprint density at radius 1 is 1.33 bits per heavy atom. The van der Waals surface area contributed by atoms with Gasteiger partial charge in [-0.1, -0.05) is 24.6 Å². The van der Waals surface area contributed by atoms with Gasteiger partial charge in [-0.2, -0.15) is 0 Å². The smallest absolute Gasteiger partial charge is 0.120 e. The molecule has 1 atom stereocenters. The van der Waals surface area contributed by atoms with Gasteiger partial charge in [-0.25, -0.2) is 0 Å². The van der Waals surface area contributed by atoms with Crippen LogP contribution in [0.4, 0.5) is 0 Å². The second kappa shape index (κ2) is 6.97. The average Bonchev–Trinajstić information content (AvgIpc) is 2.18. The van der Waals surface area contributed by atoms with Crippen LogP contribution in [0.25, 0.3) is 0 Å². The number of benzene rings is 1. The lowest BCUT2D eigenvalue weighted by Crippen LogP contribution is -2.04. The van der Waals surface area contributed by atoms with E-state index in [-0.39, 0.29) is 0 Å². The summed E-state index contributed by atoms with van der Waals surface area (Å²) in [6.07, 6.45) is 2.07. The molecule has 1 nitrogen and oxygen atoms in total. The summed E-state index contributed by atoms with van der Waals surface area (Å²) in [7, 11) is 0. The molecular weight excluding hydrogens is 231 g/mol. The standard InChI is InChI=1S/C12H16Cl2O/c1-10(5-7-13)6-8-15-12-4-2-3-11(14)9-12/h2-4,9-10H,5-8H2,1H3. The third-order valence-electron chi connectivity index (χ3n) is 2.28. The number of ether oxygens (including phenoxy) is 1. The second-order valence-electron chi connectivity index (χ2n) is 3.68. The van der Waals surface area contributed by atoms with Crippen LogP contribution >= 0.6 is 23.2 Å². The van der Waals surface area contributed by atoms with E-state index in [9.17, 15) is 0 Å². The number of hydrogen-bond donors (Lipinski definition) is 0. The van der Waals surface area contributed by atoms with Crippen molar-refractivity contribution in [1.82, 2.24) is 0 Å². The topological polar surface area (TPSA) is 9.23 Å². The van der Waals surface area contributed by atoms with Crippen molar-refractivity contribution in [3.63, 3.8) is 0 Å². The van der Waals surface area contributed by atoms with Crippen molar-refractivity contribution >= 4 is 23.2 Å². The summed E-state index contributed by atoms with van der Waals surface area (Å²) in [6, 6.07) is 7.47. The van der Waals surface area contributed by atoms with Gasteiger partial charge in [-0.15, -0.1) is 11.6 Å². The maximum Gasteiger partial charge on any atom is 0.120 e. The summed E-state index contributed by atoms with van der Waals surface area (Å²) < 4.78 is 5.58. The van der Waals surface area contributed by atoms with Crippen LogP contribution in [0.3, 0.4) is 0 Å². The van der Waals surface area contributed by atoms with Gasteiger partial charge in [0.15, 0.2) is 0 Å². The van der Waals surface area contributed by atoms with E-state index >= 15 is 0 Å². The van der Waals surface area contributed by atoms with Crippen LogP contribution in [0.15, 0.2) is 24.3 Å². The summed E-state index contributed by atoms with van der Waals surface area (Å²) in [6.45, 7) is 2.90. The monoisotopic (exact) mass is 246 g/mol. The van der Waals surface area contributed by atoms with Gasteiger partial charge >= 0.3 is 0 Å². The predicted molar refractivity (Wildman–Crippen MR) is 66.1 cm³/mol. The van der Waals surface area contributed by atoms with E-state index in [2.05, 4.69) is 6.92 Å². The molecular formula is C12H16Cl2O. The van der Waals surface area contributed by atoms with Crippen molar-refractivity contribution in [2.45, 2.75) is 19.8 Å². The SMILES string of the molecule is CC(CCCl)CCOc1cccc(Cl)c1. The van der Waals surface area contributed by atoms with E-state index < -0.39 is 0 Å². The third kappa shape index (κ3) is 5.29. The molecule has 0 amide bonds. The number of alkyl halides is 1. The first-order valence-electron chi connectivity index (χ1n) is 5.16. The van der Waals surface area contributed by atoms with E-state index in [1.54, 1.807) is 0 Å². The van der Waals surface area contributed by atoms with Crippen LogP contribution in [0, 0.1) is 5.92 Å². The fourth-order valence-electron chi connectivity index (χ4n) is 1.27. The summed E-state index contributed by atoms with van der Waals surface area (Å²) in [5.41, 5.74) is 0. The lowest BCUT2D eigenvalue weighted by molar-refractivity contribution is 0.282. The van der Waals surface area contributed by atoms with E-state index in [0.29, 0.717) is 10.9 Å². The molecule has 84 valence electrons. The fourth-order valence-corrected chi connectivity index (χ4v) is 1.82. The van der Waals surface area contributed by atoms with E-state index in [1.807, 2.05) is 24.3 Å². The van der Waals surface area contributed by atoms with Gasteiger partial charge in [0.05, 0.1) is 6.61 Å². The molecule has 1 rings (SSSR count). The van der Waals surface area contributed by atoms with Crippen molar-refractivity contribution < 1.29 is 4.74 Å². The lowest BCUT2D eigenvalue weighted by Gasteiger charge is -2.10. The highest BCUT2D eigenvalue weighted by Crippen LogP contribution is 2.18. The largest absolute Gasteiger partial charge is 0.494 e. The van der Waals surface area contributed by atoms with Crippen LogP contribution < -0.4 is 4.74 Å². The fraction of sp³-hybridized carbons (Fsp3) is 0.500. The highest BCUT2D eigenvalue weighted by molar-refractivity contribution is 6.30. The van der Waals surface area contributed by atoms with E-state index in [4.69, 9.17) is 27.9 Å². The molecule has 0 saturated carbocycles. The van der Waals surface area contributed by atoms with Crippen LogP contribution in [0.2, 0.25) is 5.02 Å². The molecule has 1 unspecified atom stereocenters. The first kappa shape index (κ1) is 12.7. The minimum atomic E-state index is 0.613. The first-order chi connectivity index (χ1) is 7.22. The van der Waals surface area contributed by atoms with Gasteiger partial charge in [0, 0.05) is 10.9 Å². The Morgan fingerprint density at radius 3 is 2.80 bits per heavy atom. The minimum Gasteiger partial charge on any atom is -0.494 e. The molecule has 0 radical (unpaired) electrons. The lowest BCUT2D eigenvalue weighted by atomic mass is 10.1. The molecule has 0 aliphatic carbocycles. The van der Waals surface area contributed by atoms with Crippen molar-refractivity contribution in [1.29, 1.82) is 0 Å². The number of rotatable bonds is 6. The van der Waals surface area contributed by atoms with Crippen LogP contribution in [0.1, 0.15) is 19.8 Å². The molecule has 0 N–H and O–H groups in total. The second-order valence-corrected chi connectivity index (χ2v) is 4.49. The highest BCUT2D eigenvalue weighted by Gasteiger charge is 2.01. The maximum atomic E-state index is 5.84. The Labute approximate surface area is 101 Å². The Bertz CT molecular complexity index is 289. The van der Waals surface area contributed by atoms with Gasteiger partial charge in [-0.3, -0.25) is 0 Å². The molecule has 1 aromatic carbocycles. The minimum absolute atomic E-state index is 0.613. The van der Waals surface area contributed by atoms with Crippen molar-refractivity contribution in [3.8, 4) is 5.75 Å². The quantitative estimate of drug-likeness (QED) is 0.678. The molecule has 0 saturated heterocycles. The number of hydrogen-bond acceptors (Lipinski definition) is 1. The van der Waals surface area contributed by atoms with Crippen LogP contribution in [0.5, 0.6) is 5.75 Å². The molecule has 15 heavy (non-hydrogen) atoms. The van der Waals surface area contributed by atoms with Crippen molar-refractivity contribution in [2.24, 2.45) is 5.92 Å². The Morgan fingerprint density at radius 2 is 2.13 bits per heavy atom. The van der Waals surface area contributed by atoms with Crippen LogP contribution in [-0.4, -0.2) is 12.5 Å². The Kier molecular flexibility index (Phi) is 5.89. The third-order valence-corrected chi connectivity index (χ3v) is 2.73. The zero-order valence-electron chi connectivity index (χ0n) is 8.88. The summed E-state index contributed by atoms with van der Waals surface area (Å²) >= 11 is 11.5. The maximum absolute atomic E-state index is 5.84. The Hall–Kier alpha value is -0.400. The van der Waals surface area contributed by atoms with Gasteiger partial charge in [0.2, 0.25) is 0 Å². The molecule has 0 aliphatic heterocycles. The van der Waals surface area contributed by atoms with E-state index in [0.717, 1.165) is 31.1 Å². The zero-order chi connectivity index (χ0) is 11.1. The first-order valence-corrected chi connectivity index (χ1v) is 6.08. The summed E-state index contributed by atoms with van der Waals surface area (Å²) in [4.78, 5) is 0. The van der Waals surface area contributed by atoms with Gasteiger partial charge in [0.25, 0.3) is 0 Å². The molecule has 0 fully saturated rings. The molecule has 0 spiro atoms. The summed E-state index contributed by atoms with van der Waals surface area (Å²) in [5, 5.41) is 0.710. The van der Waals surface area contributed by atoms with Gasteiger partial charge in [-0.05, 0) is 37.0 Å². The van der Waals surface area contributed by atoms with E-state index in [1.165, 1.54) is 0 Å².